The molecule has 0 saturated carbocycles. The summed E-state index contributed by atoms with van der Waals surface area (Å²) in [5, 5.41) is 2.71. The van der Waals surface area contributed by atoms with Gasteiger partial charge >= 0.3 is 0 Å². The van der Waals surface area contributed by atoms with Crippen LogP contribution in [0.15, 0.2) is 54.6 Å². The zero-order chi connectivity index (χ0) is 15.9. The molecule has 0 aliphatic carbocycles. The average Bonchev–Trinajstić information content (AvgIpc) is 2.53. The van der Waals surface area contributed by atoms with Crippen LogP contribution in [-0.2, 0) is 11.3 Å². The van der Waals surface area contributed by atoms with Gasteiger partial charge in [0, 0.05) is 23.9 Å². The maximum atomic E-state index is 11.9. The van der Waals surface area contributed by atoms with Gasteiger partial charge in [0.1, 0.15) is 0 Å². The number of amides is 2. The van der Waals surface area contributed by atoms with Crippen molar-refractivity contribution in [1.82, 2.24) is 0 Å². The quantitative estimate of drug-likeness (QED) is 0.735. The smallest absolute Gasteiger partial charge is 0.248 e. The molecule has 5 N–H and O–H groups in total. The number of nitrogens with two attached hydrogens (primary N) is 2. The number of hydrogen-bond donors (Lipinski definition) is 3. The molecule has 2 aromatic carbocycles. The Hall–Kier alpha value is -2.92. The molecule has 0 heterocycles. The molecule has 0 aromatic heterocycles. The zero-order valence-corrected chi connectivity index (χ0v) is 12.0. The average molecular weight is 295 g/mol. The number of rotatable bonds is 5. The Labute approximate surface area is 128 Å². The second-order valence-electron chi connectivity index (χ2n) is 4.67. The molecule has 2 aromatic rings. The Morgan fingerprint density at radius 1 is 1.05 bits per heavy atom. The summed E-state index contributed by atoms with van der Waals surface area (Å²) in [5.41, 5.74) is 13.7. The second-order valence-corrected chi connectivity index (χ2v) is 4.67. The molecule has 0 saturated heterocycles. The van der Waals surface area contributed by atoms with Crippen LogP contribution >= 0.6 is 0 Å². The van der Waals surface area contributed by atoms with Gasteiger partial charge in [0.05, 0.1) is 0 Å². The number of primary amides is 1. The van der Waals surface area contributed by atoms with Crippen LogP contribution in [0.4, 0.5) is 5.69 Å². The third-order valence-electron chi connectivity index (χ3n) is 3.13. The molecule has 5 heteroatoms. The van der Waals surface area contributed by atoms with Crippen LogP contribution < -0.4 is 16.8 Å². The van der Waals surface area contributed by atoms with Crippen LogP contribution in [0.25, 0.3) is 6.08 Å². The first kappa shape index (κ1) is 15.5. The van der Waals surface area contributed by atoms with E-state index in [9.17, 15) is 9.59 Å². The molecule has 0 aliphatic rings. The number of benzene rings is 2. The molecule has 0 spiro atoms. The second kappa shape index (κ2) is 7.19. The summed E-state index contributed by atoms with van der Waals surface area (Å²) >= 11 is 0. The lowest BCUT2D eigenvalue weighted by Crippen LogP contribution is -2.11. The van der Waals surface area contributed by atoms with Crippen molar-refractivity contribution in [2.24, 2.45) is 11.5 Å². The summed E-state index contributed by atoms with van der Waals surface area (Å²) in [7, 11) is 0. The fraction of sp³-hybridized carbons (Fsp3) is 0.0588. The molecular weight excluding hydrogens is 278 g/mol. The van der Waals surface area contributed by atoms with Gasteiger partial charge in [-0.3, -0.25) is 9.59 Å². The van der Waals surface area contributed by atoms with Gasteiger partial charge in [0.15, 0.2) is 0 Å². The monoisotopic (exact) mass is 295 g/mol. The van der Waals surface area contributed by atoms with E-state index >= 15 is 0 Å². The van der Waals surface area contributed by atoms with Gasteiger partial charge in [0.2, 0.25) is 11.8 Å². The molecule has 0 atom stereocenters. The van der Waals surface area contributed by atoms with Crippen molar-refractivity contribution in [1.29, 1.82) is 0 Å². The Kier molecular flexibility index (Phi) is 5.06. The van der Waals surface area contributed by atoms with Crippen molar-refractivity contribution in [3.63, 3.8) is 0 Å². The normalized spacial score (nSPS) is 10.6. The minimum absolute atomic E-state index is 0.265. The SMILES string of the molecule is NCc1ccccc1C=CC(=O)Nc1ccc(C(N)=O)cc1. The number of carbonyl (C=O) groups excluding carboxylic acids is 2. The van der Waals surface area contributed by atoms with Crippen LogP contribution in [0.2, 0.25) is 0 Å². The summed E-state index contributed by atoms with van der Waals surface area (Å²) < 4.78 is 0. The Morgan fingerprint density at radius 3 is 2.36 bits per heavy atom. The van der Waals surface area contributed by atoms with E-state index in [0.717, 1.165) is 11.1 Å². The summed E-state index contributed by atoms with van der Waals surface area (Å²) in [6, 6.07) is 14.0. The van der Waals surface area contributed by atoms with Crippen LogP contribution in [0.1, 0.15) is 21.5 Å². The minimum Gasteiger partial charge on any atom is -0.366 e. The van der Waals surface area contributed by atoms with Gasteiger partial charge in [0.25, 0.3) is 0 Å². The molecule has 0 bridgehead atoms. The van der Waals surface area contributed by atoms with E-state index in [1.54, 1.807) is 30.3 Å². The van der Waals surface area contributed by atoms with Gasteiger partial charge in [-0.15, -0.1) is 0 Å². The molecule has 0 aliphatic heterocycles. The largest absolute Gasteiger partial charge is 0.366 e. The van der Waals surface area contributed by atoms with Crippen LogP contribution in [0.5, 0.6) is 0 Å². The first-order valence-corrected chi connectivity index (χ1v) is 6.77. The molecule has 2 rings (SSSR count). The lowest BCUT2D eigenvalue weighted by Gasteiger charge is -2.04. The maximum absolute atomic E-state index is 11.9. The van der Waals surface area contributed by atoms with Crippen molar-refractivity contribution < 1.29 is 9.59 Å². The van der Waals surface area contributed by atoms with Crippen LogP contribution in [-0.4, -0.2) is 11.8 Å². The van der Waals surface area contributed by atoms with Gasteiger partial charge in [-0.25, -0.2) is 0 Å². The predicted octanol–water partition coefficient (Wildman–Crippen LogP) is 1.90. The van der Waals surface area contributed by atoms with Gasteiger partial charge in [-0.1, -0.05) is 24.3 Å². The van der Waals surface area contributed by atoms with E-state index in [1.807, 2.05) is 24.3 Å². The molecule has 2 amide bonds. The molecule has 5 nitrogen and oxygen atoms in total. The molecule has 112 valence electrons. The predicted molar refractivity (Wildman–Crippen MR) is 87.0 cm³/mol. The van der Waals surface area contributed by atoms with Crippen molar-refractivity contribution in [3.8, 4) is 0 Å². The van der Waals surface area contributed by atoms with Crippen molar-refractivity contribution in [3.05, 3.63) is 71.3 Å². The van der Waals surface area contributed by atoms with Gasteiger partial charge in [-0.2, -0.15) is 0 Å². The molecule has 22 heavy (non-hydrogen) atoms. The Morgan fingerprint density at radius 2 is 1.73 bits per heavy atom. The van der Waals surface area contributed by atoms with Gasteiger partial charge in [-0.05, 0) is 41.5 Å². The van der Waals surface area contributed by atoms with Crippen molar-refractivity contribution >= 4 is 23.6 Å². The number of hydrogen-bond acceptors (Lipinski definition) is 3. The van der Waals surface area contributed by atoms with E-state index in [0.29, 0.717) is 17.8 Å². The lowest BCUT2D eigenvalue weighted by molar-refractivity contribution is -0.111. The van der Waals surface area contributed by atoms with Crippen LogP contribution in [0.3, 0.4) is 0 Å². The summed E-state index contributed by atoms with van der Waals surface area (Å²) in [6.07, 6.45) is 3.16. The third-order valence-corrected chi connectivity index (χ3v) is 3.13. The fourth-order valence-corrected chi connectivity index (χ4v) is 1.95. The molecule has 0 radical (unpaired) electrons. The summed E-state index contributed by atoms with van der Waals surface area (Å²) in [5.74, 6) is -0.769. The molecule has 0 unspecified atom stereocenters. The number of carbonyl (C=O) groups is 2. The Bertz CT molecular complexity index is 706. The topological polar surface area (TPSA) is 98.2 Å². The number of anilines is 1. The van der Waals surface area contributed by atoms with E-state index < -0.39 is 5.91 Å². The highest BCUT2D eigenvalue weighted by Gasteiger charge is 2.02. The van der Waals surface area contributed by atoms with Gasteiger partial charge < -0.3 is 16.8 Å². The third kappa shape index (κ3) is 4.04. The highest BCUT2D eigenvalue weighted by atomic mass is 16.1. The number of nitrogens with one attached hydrogen (secondary N) is 1. The van der Waals surface area contributed by atoms with E-state index in [2.05, 4.69) is 5.32 Å². The zero-order valence-electron chi connectivity index (χ0n) is 12.0. The van der Waals surface area contributed by atoms with E-state index in [1.165, 1.54) is 6.08 Å². The van der Waals surface area contributed by atoms with E-state index in [-0.39, 0.29) is 5.91 Å². The maximum Gasteiger partial charge on any atom is 0.248 e. The first-order chi connectivity index (χ1) is 10.6. The molecule has 0 fully saturated rings. The van der Waals surface area contributed by atoms with Crippen molar-refractivity contribution in [2.75, 3.05) is 5.32 Å². The van der Waals surface area contributed by atoms with E-state index in [4.69, 9.17) is 11.5 Å². The lowest BCUT2D eigenvalue weighted by atomic mass is 10.1. The molecular formula is C17H17N3O2. The summed E-state index contributed by atoms with van der Waals surface area (Å²) in [6.45, 7) is 0.413. The Balaban J connectivity index is 2.03. The first-order valence-electron chi connectivity index (χ1n) is 6.77. The van der Waals surface area contributed by atoms with Crippen LogP contribution in [0, 0.1) is 0 Å². The van der Waals surface area contributed by atoms with Crippen molar-refractivity contribution in [2.45, 2.75) is 6.54 Å². The minimum atomic E-state index is -0.504. The summed E-state index contributed by atoms with van der Waals surface area (Å²) in [4.78, 5) is 22.9. The highest BCUT2D eigenvalue weighted by molar-refractivity contribution is 6.02. The fourth-order valence-electron chi connectivity index (χ4n) is 1.95. The standard InChI is InChI=1S/C17H17N3O2/c18-11-14-4-2-1-3-12(14)7-10-16(21)20-15-8-5-13(6-9-15)17(19)22/h1-10H,11,18H2,(H2,19,22)(H,20,21). The highest BCUT2D eigenvalue weighted by Crippen LogP contribution is 2.11.